The minimum atomic E-state index is -0.359. The molecule has 0 fully saturated rings. The van der Waals surface area contributed by atoms with Crippen LogP contribution in [0, 0.1) is 0 Å². The molecule has 3 rings (SSSR count). The van der Waals surface area contributed by atoms with Gasteiger partial charge in [0.15, 0.2) is 11.5 Å². The standard InChI is InChI=1S/C14H12N4O3/c19-12-6-5-10(17-18-12)14(20)15-8-7-13-16-9-3-1-2-4-11(9)21-13/h1-6H,7-8H2,(H,15,20)(H,18,19). The number of hydrogen-bond acceptors (Lipinski definition) is 5. The van der Waals surface area contributed by atoms with Gasteiger partial charge in [0, 0.05) is 19.0 Å². The fourth-order valence-corrected chi connectivity index (χ4v) is 1.87. The number of aromatic amines is 1. The minimum absolute atomic E-state index is 0.159. The predicted molar refractivity (Wildman–Crippen MR) is 74.9 cm³/mol. The summed E-state index contributed by atoms with van der Waals surface area (Å²) < 4.78 is 5.55. The number of nitrogens with zero attached hydrogens (tertiary/aromatic N) is 2. The maximum atomic E-state index is 11.8. The number of nitrogens with one attached hydrogen (secondary N) is 2. The van der Waals surface area contributed by atoms with Crippen molar-refractivity contribution in [3.63, 3.8) is 0 Å². The Morgan fingerprint density at radius 2 is 2.10 bits per heavy atom. The molecular formula is C14H12N4O3. The number of oxazole rings is 1. The van der Waals surface area contributed by atoms with Crippen LogP contribution in [-0.4, -0.2) is 27.6 Å². The average molecular weight is 284 g/mol. The van der Waals surface area contributed by atoms with Gasteiger partial charge in [0.25, 0.3) is 11.5 Å². The molecule has 0 bridgehead atoms. The van der Waals surface area contributed by atoms with E-state index in [1.165, 1.54) is 12.1 Å². The van der Waals surface area contributed by atoms with E-state index in [1.807, 2.05) is 24.3 Å². The molecule has 0 unspecified atom stereocenters. The first-order valence-electron chi connectivity index (χ1n) is 6.41. The molecule has 0 aliphatic rings. The van der Waals surface area contributed by atoms with Crippen molar-refractivity contribution in [2.75, 3.05) is 6.54 Å². The van der Waals surface area contributed by atoms with Crippen molar-refractivity contribution in [3.8, 4) is 0 Å². The van der Waals surface area contributed by atoms with E-state index in [2.05, 4.69) is 20.5 Å². The second kappa shape index (κ2) is 5.58. The third-order valence-corrected chi connectivity index (χ3v) is 2.87. The van der Waals surface area contributed by atoms with Gasteiger partial charge in [0.05, 0.1) is 0 Å². The lowest BCUT2D eigenvalue weighted by Crippen LogP contribution is -2.27. The van der Waals surface area contributed by atoms with Gasteiger partial charge in [0.1, 0.15) is 11.2 Å². The predicted octanol–water partition coefficient (Wildman–Crippen LogP) is 0.884. The first-order chi connectivity index (χ1) is 10.2. The second-order valence-corrected chi connectivity index (χ2v) is 4.39. The molecule has 7 nitrogen and oxygen atoms in total. The van der Waals surface area contributed by atoms with Crippen molar-refractivity contribution >= 4 is 17.0 Å². The highest BCUT2D eigenvalue weighted by atomic mass is 16.3. The molecule has 0 spiro atoms. The van der Waals surface area contributed by atoms with E-state index < -0.39 is 0 Å². The zero-order valence-electron chi connectivity index (χ0n) is 11.0. The Hall–Kier alpha value is -2.96. The summed E-state index contributed by atoms with van der Waals surface area (Å²) in [7, 11) is 0. The lowest BCUT2D eigenvalue weighted by atomic mass is 10.3. The summed E-state index contributed by atoms with van der Waals surface area (Å²) in [6, 6.07) is 10.1. The molecule has 3 aromatic rings. The highest BCUT2D eigenvalue weighted by Gasteiger charge is 2.08. The summed E-state index contributed by atoms with van der Waals surface area (Å²) >= 11 is 0. The highest BCUT2D eigenvalue weighted by Crippen LogP contribution is 2.14. The molecule has 1 amide bonds. The number of carbonyl (C=O) groups excluding carboxylic acids is 1. The maximum absolute atomic E-state index is 11.8. The topological polar surface area (TPSA) is 101 Å². The van der Waals surface area contributed by atoms with Crippen LogP contribution in [0.5, 0.6) is 0 Å². The Balaban J connectivity index is 1.59. The van der Waals surface area contributed by atoms with Gasteiger partial charge < -0.3 is 9.73 Å². The molecule has 21 heavy (non-hydrogen) atoms. The number of fused-ring (bicyclic) bond motifs is 1. The van der Waals surface area contributed by atoms with Crippen LogP contribution in [0.25, 0.3) is 11.1 Å². The molecule has 7 heteroatoms. The lowest BCUT2D eigenvalue weighted by Gasteiger charge is -2.01. The van der Waals surface area contributed by atoms with Crippen molar-refractivity contribution in [1.82, 2.24) is 20.5 Å². The van der Waals surface area contributed by atoms with E-state index >= 15 is 0 Å². The molecule has 0 atom stereocenters. The number of hydrogen-bond donors (Lipinski definition) is 2. The van der Waals surface area contributed by atoms with Crippen LogP contribution in [0.1, 0.15) is 16.4 Å². The molecule has 0 saturated heterocycles. The van der Waals surface area contributed by atoms with Crippen molar-refractivity contribution < 1.29 is 9.21 Å². The third-order valence-electron chi connectivity index (χ3n) is 2.87. The number of carbonyl (C=O) groups is 1. The van der Waals surface area contributed by atoms with E-state index in [4.69, 9.17) is 4.42 Å². The fourth-order valence-electron chi connectivity index (χ4n) is 1.87. The molecule has 0 aliphatic carbocycles. The number of amides is 1. The van der Waals surface area contributed by atoms with Crippen LogP contribution in [0.4, 0.5) is 0 Å². The largest absolute Gasteiger partial charge is 0.441 e. The molecule has 106 valence electrons. The Morgan fingerprint density at radius 1 is 1.24 bits per heavy atom. The van der Waals surface area contributed by atoms with Crippen LogP contribution >= 0.6 is 0 Å². The van der Waals surface area contributed by atoms with Crippen molar-refractivity contribution in [1.29, 1.82) is 0 Å². The smallest absolute Gasteiger partial charge is 0.271 e. The molecule has 0 aliphatic heterocycles. The van der Waals surface area contributed by atoms with E-state index in [1.54, 1.807) is 0 Å². The van der Waals surface area contributed by atoms with Crippen LogP contribution in [0.15, 0.2) is 45.6 Å². The number of benzene rings is 1. The maximum Gasteiger partial charge on any atom is 0.271 e. The molecule has 2 heterocycles. The molecule has 0 radical (unpaired) electrons. The first kappa shape index (κ1) is 13.0. The normalized spacial score (nSPS) is 10.7. The van der Waals surface area contributed by atoms with Gasteiger partial charge >= 0.3 is 0 Å². The summed E-state index contributed by atoms with van der Waals surface area (Å²) in [6.45, 7) is 0.368. The van der Waals surface area contributed by atoms with Gasteiger partial charge in [-0.1, -0.05) is 12.1 Å². The minimum Gasteiger partial charge on any atom is -0.441 e. The summed E-state index contributed by atoms with van der Waals surface area (Å²) in [5.74, 6) is 0.202. The van der Waals surface area contributed by atoms with Crippen molar-refractivity contribution in [3.05, 3.63) is 58.3 Å². The SMILES string of the molecule is O=C(NCCc1nc2ccccc2o1)c1ccc(=O)[nH]n1. The van der Waals surface area contributed by atoms with Gasteiger partial charge in [-0.3, -0.25) is 9.59 Å². The van der Waals surface area contributed by atoms with Gasteiger partial charge in [-0.25, -0.2) is 10.1 Å². The number of rotatable bonds is 4. The van der Waals surface area contributed by atoms with Crippen LogP contribution in [0.3, 0.4) is 0 Å². The Kier molecular flexibility index (Phi) is 3.46. The first-order valence-corrected chi connectivity index (χ1v) is 6.41. The summed E-state index contributed by atoms with van der Waals surface area (Å²) in [5.41, 5.74) is 1.33. The quantitative estimate of drug-likeness (QED) is 0.740. The van der Waals surface area contributed by atoms with Crippen molar-refractivity contribution in [2.24, 2.45) is 0 Å². The highest BCUT2D eigenvalue weighted by molar-refractivity contribution is 5.91. The van der Waals surface area contributed by atoms with E-state index in [-0.39, 0.29) is 17.2 Å². The van der Waals surface area contributed by atoms with E-state index in [0.29, 0.717) is 18.9 Å². The van der Waals surface area contributed by atoms with Crippen LogP contribution in [0.2, 0.25) is 0 Å². The molecule has 2 N–H and O–H groups in total. The lowest BCUT2D eigenvalue weighted by molar-refractivity contribution is 0.0947. The molecule has 1 aromatic carbocycles. The molecule has 0 saturated carbocycles. The fraction of sp³-hybridized carbons (Fsp3) is 0.143. The Labute approximate surface area is 119 Å². The number of aromatic nitrogens is 3. The summed E-state index contributed by atoms with van der Waals surface area (Å²) in [6.07, 6.45) is 0.476. The van der Waals surface area contributed by atoms with Gasteiger partial charge in [-0.2, -0.15) is 5.10 Å². The number of para-hydroxylation sites is 2. The summed E-state index contributed by atoms with van der Waals surface area (Å²) in [5, 5.41) is 8.55. The van der Waals surface area contributed by atoms with E-state index in [0.717, 1.165) is 11.1 Å². The Morgan fingerprint density at radius 3 is 2.86 bits per heavy atom. The van der Waals surface area contributed by atoms with Gasteiger partial charge in [-0.15, -0.1) is 0 Å². The summed E-state index contributed by atoms with van der Waals surface area (Å²) in [4.78, 5) is 26.9. The van der Waals surface area contributed by atoms with Gasteiger partial charge in [-0.05, 0) is 18.2 Å². The number of H-pyrrole nitrogens is 1. The average Bonchev–Trinajstić information content (AvgIpc) is 2.90. The van der Waals surface area contributed by atoms with E-state index in [9.17, 15) is 9.59 Å². The zero-order chi connectivity index (χ0) is 14.7. The van der Waals surface area contributed by atoms with Crippen LogP contribution in [-0.2, 0) is 6.42 Å². The monoisotopic (exact) mass is 284 g/mol. The molecule has 2 aromatic heterocycles. The molecular weight excluding hydrogens is 272 g/mol. The Bertz CT molecular complexity index is 784. The zero-order valence-corrected chi connectivity index (χ0v) is 11.0. The third kappa shape index (κ3) is 2.97. The second-order valence-electron chi connectivity index (χ2n) is 4.39. The van der Waals surface area contributed by atoms with Crippen LogP contribution < -0.4 is 10.9 Å². The van der Waals surface area contributed by atoms with Gasteiger partial charge in [0.2, 0.25) is 0 Å². The van der Waals surface area contributed by atoms with Crippen molar-refractivity contribution in [2.45, 2.75) is 6.42 Å².